The van der Waals surface area contributed by atoms with E-state index in [-0.39, 0.29) is 0 Å². The lowest BCUT2D eigenvalue weighted by Crippen LogP contribution is -2.36. The predicted molar refractivity (Wildman–Crippen MR) is 78.6 cm³/mol. The molecule has 108 valence electrons. The zero-order chi connectivity index (χ0) is 13.4. The Bertz CT molecular complexity index is 207. The second-order valence-electron chi connectivity index (χ2n) is 6.60. The molecule has 0 aromatic rings. The molecule has 2 N–H and O–H groups in total. The van der Waals surface area contributed by atoms with Crippen LogP contribution in [-0.2, 0) is 4.74 Å². The van der Waals surface area contributed by atoms with E-state index in [9.17, 15) is 0 Å². The smallest absolute Gasteiger partial charge is 0.0471 e. The summed E-state index contributed by atoms with van der Waals surface area (Å²) in [6.07, 6.45) is 9.06. The van der Waals surface area contributed by atoms with Gasteiger partial charge >= 0.3 is 0 Å². The van der Waals surface area contributed by atoms with E-state index in [1.54, 1.807) is 0 Å². The molecule has 1 saturated carbocycles. The van der Waals surface area contributed by atoms with Crippen molar-refractivity contribution in [3.05, 3.63) is 0 Å². The molecule has 0 spiro atoms. The highest BCUT2D eigenvalue weighted by Gasteiger charge is 2.33. The Labute approximate surface area is 114 Å². The fourth-order valence-electron chi connectivity index (χ4n) is 2.96. The zero-order valence-electron chi connectivity index (χ0n) is 12.7. The van der Waals surface area contributed by atoms with Crippen LogP contribution in [0.4, 0.5) is 0 Å². The molecular weight excluding hydrogens is 222 g/mol. The van der Waals surface area contributed by atoms with E-state index in [1.807, 2.05) is 0 Å². The second kappa shape index (κ2) is 8.16. The first-order chi connectivity index (χ1) is 8.62. The summed E-state index contributed by atoms with van der Waals surface area (Å²) in [6, 6.07) is 0. The van der Waals surface area contributed by atoms with Gasteiger partial charge in [0.05, 0.1) is 0 Å². The highest BCUT2D eigenvalue weighted by molar-refractivity contribution is 4.86. The van der Waals surface area contributed by atoms with Gasteiger partial charge in [-0.3, -0.25) is 0 Å². The van der Waals surface area contributed by atoms with Crippen molar-refractivity contribution < 1.29 is 4.74 Å². The van der Waals surface area contributed by atoms with Crippen molar-refractivity contribution >= 4 is 0 Å². The van der Waals surface area contributed by atoms with Crippen LogP contribution in [0.15, 0.2) is 0 Å². The Balaban J connectivity index is 2.21. The van der Waals surface area contributed by atoms with Gasteiger partial charge in [-0.2, -0.15) is 0 Å². The Kier molecular flexibility index (Phi) is 7.25. The van der Waals surface area contributed by atoms with Crippen LogP contribution in [0.5, 0.6) is 0 Å². The van der Waals surface area contributed by atoms with E-state index in [1.165, 1.54) is 38.5 Å². The number of rotatable bonds is 8. The zero-order valence-corrected chi connectivity index (χ0v) is 12.7. The van der Waals surface area contributed by atoms with E-state index in [2.05, 4.69) is 20.8 Å². The standard InChI is InChI=1S/C16H33NO/c1-4-15-5-8-16(13-17,9-6-15)10-12-18-11-7-14(2)3/h14-15H,4-13,17H2,1-3H3. The third-order valence-electron chi connectivity index (χ3n) is 4.79. The predicted octanol–water partition coefficient (Wildman–Crippen LogP) is 3.98. The van der Waals surface area contributed by atoms with Gasteiger partial charge in [-0.15, -0.1) is 0 Å². The molecular formula is C16H33NO. The molecule has 2 heteroatoms. The lowest BCUT2D eigenvalue weighted by Gasteiger charge is -2.39. The highest BCUT2D eigenvalue weighted by Crippen LogP contribution is 2.41. The number of hydrogen-bond donors (Lipinski definition) is 1. The SMILES string of the molecule is CCC1CCC(CN)(CCOCCC(C)C)CC1. The fraction of sp³-hybridized carbons (Fsp3) is 1.00. The Morgan fingerprint density at radius 2 is 1.89 bits per heavy atom. The van der Waals surface area contributed by atoms with Crippen LogP contribution in [0, 0.1) is 17.3 Å². The lowest BCUT2D eigenvalue weighted by atomic mass is 9.68. The minimum atomic E-state index is 0.392. The normalized spacial score (nSPS) is 28.8. The van der Waals surface area contributed by atoms with E-state index in [4.69, 9.17) is 10.5 Å². The molecule has 0 aromatic heterocycles. The van der Waals surface area contributed by atoms with Gasteiger partial charge in [-0.25, -0.2) is 0 Å². The largest absolute Gasteiger partial charge is 0.381 e. The molecule has 18 heavy (non-hydrogen) atoms. The van der Waals surface area contributed by atoms with Crippen LogP contribution in [-0.4, -0.2) is 19.8 Å². The number of nitrogens with two attached hydrogens (primary N) is 1. The molecule has 0 heterocycles. The molecule has 0 aliphatic heterocycles. The monoisotopic (exact) mass is 255 g/mol. The molecule has 2 nitrogen and oxygen atoms in total. The summed E-state index contributed by atoms with van der Waals surface area (Å²) in [5.74, 6) is 1.69. The third kappa shape index (κ3) is 5.27. The molecule has 0 amide bonds. The van der Waals surface area contributed by atoms with Crippen LogP contribution in [0.1, 0.15) is 65.7 Å². The molecule has 1 aliphatic carbocycles. The lowest BCUT2D eigenvalue weighted by molar-refractivity contribution is 0.0626. The second-order valence-corrected chi connectivity index (χ2v) is 6.60. The van der Waals surface area contributed by atoms with Crippen molar-refractivity contribution in [2.24, 2.45) is 23.0 Å². The summed E-state index contributed by atoms with van der Waals surface area (Å²) in [4.78, 5) is 0. The maximum Gasteiger partial charge on any atom is 0.0471 e. The van der Waals surface area contributed by atoms with Gasteiger partial charge in [0.25, 0.3) is 0 Å². The van der Waals surface area contributed by atoms with Crippen LogP contribution in [0.2, 0.25) is 0 Å². The molecule has 1 aliphatic rings. The summed E-state index contributed by atoms with van der Waals surface area (Å²) < 4.78 is 5.77. The summed E-state index contributed by atoms with van der Waals surface area (Å²) in [7, 11) is 0. The fourth-order valence-corrected chi connectivity index (χ4v) is 2.96. The van der Waals surface area contributed by atoms with Crippen molar-refractivity contribution in [1.82, 2.24) is 0 Å². The summed E-state index contributed by atoms with van der Waals surface area (Å²) in [5.41, 5.74) is 6.42. The van der Waals surface area contributed by atoms with Crippen LogP contribution < -0.4 is 5.73 Å². The average molecular weight is 255 g/mol. The number of ether oxygens (including phenoxy) is 1. The van der Waals surface area contributed by atoms with Crippen molar-refractivity contribution in [1.29, 1.82) is 0 Å². The van der Waals surface area contributed by atoms with Crippen LogP contribution in [0.3, 0.4) is 0 Å². The van der Waals surface area contributed by atoms with Gasteiger partial charge in [0, 0.05) is 13.2 Å². The molecule has 0 radical (unpaired) electrons. The Morgan fingerprint density at radius 1 is 1.22 bits per heavy atom. The van der Waals surface area contributed by atoms with Crippen molar-refractivity contribution in [3.8, 4) is 0 Å². The molecule has 0 aromatic carbocycles. The maximum atomic E-state index is 6.03. The van der Waals surface area contributed by atoms with Gasteiger partial charge in [-0.1, -0.05) is 27.2 Å². The van der Waals surface area contributed by atoms with Crippen LogP contribution in [0.25, 0.3) is 0 Å². The molecule has 0 atom stereocenters. The molecule has 0 bridgehead atoms. The van der Waals surface area contributed by atoms with Gasteiger partial charge in [0.1, 0.15) is 0 Å². The Morgan fingerprint density at radius 3 is 2.39 bits per heavy atom. The van der Waals surface area contributed by atoms with E-state index in [0.29, 0.717) is 5.41 Å². The molecule has 1 fully saturated rings. The van der Waals surface area contributed by atoms with Gasteiger partial charge in [0.2, 0.25) is 0 Å². The Hall–Kier alpha value is -0.0800. The molecule has 1 rings (SSSR count). The minimum absolute atomic E-state index is 0.392. The topological polar surface area (TPSA) is 35.2 Å². The molecule has 0 saturated heterocycles. The highest BCUT2D eigenvalue weighted by atomic mass is 16.5. The van der Waals surface area contributed by atoms with Crippen molar-refractivity contribution in [2.75, 3.05) is 19.8 Å². The van der Waals surface area contributed by atoms with Gasteiger partial charge in [0.15, 0.2) is 0 Å². The number of hydrogen-bond acceptors (Lipinski definition) is 2. The first kappa shape index (κ1) is 16.0. The van der Waals surface area contributed by atoms with Gasteiger partial charge < -0.3 is 10.5 Å². The first-order valence-electron chi connectivity index (χ1n) is 7.89. The first-order valence-corrected chi connectivity index (χ1v) is 7.89. The van der Waals surface area contributed by atoms with E-state index < -0.39 is 0 Å². The van der Waals surface area contributed by atoms with Gasteiger partial charge in [-0.05, 0) is 62.3 Å². The van der Waals surface area contributed by atoms with E-state index in [0.717, 1.165) is 38.0 Å². The van der Waals surface area contributed by atoms with Crippen molar-refractivity contribution in [3.63, 3.8) is 0 Å². The average Bonchev–Trinajstić information content (AvgIpc) is 2.38. The summed E-state index contributed by atoms with van der Waals surface area (Å²) in [6.45, 7) is 9.47. The third-order valence-corrected chi connectivity index (χ3v) is 4.79. The summed E-state index contributed by atoms with van der Waals surface area (Å²) in [5, 5.41) is 0. The summed E-state index contributed by atoms with van der Waals surface area (Å²) >= 11 is 0. The van der Waals surface area contributed by atoms with Crippen molar-refractivity contribution in [2.45, 2.75) is 65.7 Å². The minimum Gasteiger partial charge on any atom is -0.381 e. The maximum absolute atomic E-state index is 6.03. The molecule has 0 unspecified atom stereocenters. The quantitative estimate of drug-likeness (QED) is 0.666. The van der Waals surface area contributed by atoms with Crippen LogP contribution >= 0.6 is 0 Å². The van der Waals surface area contributed by atoms with E-state index >= 15 is 0 Å².